The van der Waals surface area contributed by atoms with Gasteiger partial charge in [-0.25, -0.2) is 0 Å². The van der Waals surface area contributed by atoms with E-state index in [1.54, 1.807) is 0 Å². The molecule has 0 aromatic heterocycles. The molecule has 0 saturated carbocycles. The number of ketones is 1. The first-order valence-corrected chi connectivity index (χ1v) is 7.56. The van der Waals surface area contributed by atoms with E-state index < -0.39 is 17.8 Å². The maximum atomic E-state index is 12.7. The number of carbonyl (C=O) groups is 1. The third-order valence-electron chi connectivity index (χ3n) is 3.94. The second-order valence-corrected chi connectivity index (χ2v) is 5.81. The van der Waals surface area contributed by atoms with Gasteiger partial charge in [0.2, 0.25) is 0 Å². The number of hydrogen-bond donors (Lipinski definition) is 1. The number of nitrogens with zero attached hydrogens (tertiary/aromatic N) is 1. The van der Waals surface area contributed by atoms with Crippen LogP contribution in [0.2, 0.25) is 0 Å². The van der Waals surface area contributed by atoms with Crippen LogP contribution < -0.4 is 10.2 Å². The molecular formula is C15H18ClF3N2O. The minimum absolute atomic E-state index is 0.0231. The summed E-state index contributed by atoms with van der Waals surface area (Å²) in [7, 11) is 0. The Balaban J connectivity index is 2.35. The Kier molecular flexibility index (Phi) is 5.02. The van der Waals surface area contributed by atoms with Gasteiger partial charge in [-0.15, -0.1) is 11.6 Å². The van der Waals surface area contributed by atoms with Crippen LogP contribution in [0.5, 0.6) is 0 Å². The average molecular weight is 335 g/mol. The molecule has 1 fully saturated rings. The standard InChI is InChI=1S/C15H18ClF3N2O/c1-9-8-20-10(2)14(13(22)7-16)21(9)12-5-3-11(4-6-12)15(17,18)19/h3-6,9-10,14,20H,7-8H2,1-2H3. The first kappa shape index (κ1) is 17.1. The van der Waals surface area contributed by atoms with Crippen molar-refractivity contribution in [1.82, 2.24) is 5.32 Å². The highest BCUT2D eigenvalue weighted by Crippen LogP contribution is 2.32. The number of hydrogen-bond acceptors (Lipinski definition) is 3. The van der Waals surface area contributed by atoms with E-state index in [9.17, 15) is 18.0 Å². The fraction of sp³-hybridized carbons (Fsp3) is 0.533. The predicted molar refractivity (Wildman–Crippen MR) is 80.4 cm³/mol. The fourth-order valence-electron chi connectivity index (χ4n) is 2.83. The lowest BCUT2D eigenvalue weighted by atomic mass is 9.96. The Bertz CT molecular complexity index is 533. The van der Waals surface area contributed by atoms with E-state index in [1.807, 2.05) is 18.7 Å². The van der Waals surface area contributed by atoms with Gasteiger partial charge in [0, 0.05) is 24.3 Å². The Labute approximate surface area is 132 Å². The van der Waals surface area contributed by atoms with Crippen LogP contribution in [0.15, 0.2) is 24.3 Å². The molecule has 3 atom stereocenters. The molecule has 0 radical (unpaired) electrons. The quantitative estimate of drug-likeness (QED) is 0.862. The molecule has 0 aliphatic carbocycles. The van der Waals surface area contributed by atoms with Gasteiger partial charge in [0.1, 0.15) is 6.04 Å². The number of nitrogens with one attached hydrogen (secondary N) is 1. The van der Waals surface area contributed by atoms with Gasteiger partial charge in [-0.3, -0.25) is 4.79 Å². The smallest absolute Gasteiger partial charge is 0.356 e. The Morgan fingerprint density at radius 2 is 1.91 bits per heavy atom. The van der Waals surface area contributed by atoms with Crippen molar-refractivity contribution in [2.75, 3.05) is 17.3 Å². The van der Waals surface area contributed by atoms with Crippen molar-refractivity contribution in [3.8, 4) is 0 Å². The first-order valence-electron chi connectivity index (χ1n) is 7.03. The molecule has 1 aliphatic heterocycles. The van der Waals surface area contributed by atoms with E-state index >= 15 is 0 Å². The topological polar surface area (TPSA) is 32.3 Å². The zero-order valence-corrected chi connectivity index (χ0v) is 13.1. The molecule has 0 amide bonds. The molecule has 0 spiro atoms. The summed E-state index contributed by atoms with van der Waals surface area (Å²) in [6.45, 7) is 4.44. The van der Waals surface area contributed by atoms with E-state index in [0.29, 0.717) is 12.2 Å². The molecule has 122 valence electrons. The molecule has 22 heavy (non-hydrogen) atoms. The molecule has 1 aromatic carbocycles. The summed E-state index contributed by atoms with van der Waals surface area (Å²) in [5, 5.41) is 3.23. The molecule has 1 heterocycles. The van der Waals surface area contributed by atoms with Crippen molar-refractivity contribution in [2.24, 2.45) is 0 Å². The Morgan fingerprint density at radius 1 is 1.32 bits per heavy atom. The number of anilines is 1. The van der Waals surface area contributed by atoms with Gasteiger partial charge < -0.3 is 10.2 Å². The number of piperazine rings is 1. The van der Waals surface area contributed by atoms with Crippen molar-refractivity contribution >= 4 is 23.1 Å². The summed E-state index contributed by atoms with van der Waals surface area (Å²) in [4.78, 5) is 14.0. The molecule has 7 heteroatoms. The molecule has 3 nitrogen and oxygen atoms in total. The van der Waals surface area contributed by atoms with Crippen LogP contribution in [-0.4, -0.2) is 36.3 Å². The lowest BCUT2D eigenvalue weighted by Crippen LogP contribution is -2.64. The number of alkyl halides is 4. The number of carbonyl (C=O) groups excluding carboxylic acids is 1. The SMILES string of the molecule is CC1NCC(C)N(c2ccc(C(F)(F)F)cc2)C1C(=O)CCl. The van der Waals surface area contributed by atoms with Gasteiger partial charge in [-0.1, -0.05) is 0 Å². The number of halogens is 4. The Hall–Kier alpha value is -1.27. The normalized spacial score (nSPS) is 26.1. The van der Waals surface area contributed by atoms with Gasteiger partial charge in [-0.05, 0) is 38.1 Å². The largest absolute Gasteiger partial charge is 0.416 e. The molecular weight excluding hydrogens is 317 g/mol. The van der Waals surface area contributed by atoms with Crippen LogP contribution in [0.1, 0.15) is 19.4 Å². The van der Waals surface area contributed by atoms with E-state index in [-0.39, 0.29) is 23.7 Å². The van der Waals surface area contributed by atoms with Gasteiger partial charge in [0.15, 0.2) is 5.78 Å². The van der Waals surface area contributed by atoms with Crippen LogP contribution >= 0.6 is 11.6 Å². The van der Waals surface area contributed by atoms with Gasteiger partial charge in [0.05, 0.1) is 11.4 Å². The van der Waals surface area contributed by atoms with Crippen molar-refractivity contribution in [3.05, 3.63) is 29.8 Å². The van der Waals surface area contributed by atoms with E-state index in [4.69, 9.17) is 11.6 Å². The Morgan fingerprint density at radius 3 is 2.41 bits per heavy atom. The highest BCUT2D eigenvalue weighted by molar-refractivity contribution is 6.28. The summed E-state index contributed by atoms with van der Waals surface area (Å²) in [6, 6.07) is 4.26. The second-order valence-electron chi connectivity index (χ2n) is 5.54. The minimum Gasteiger partial charge on any atom is -0.356 e. The minimum atomic E-state index is -4.37. The molecule has 1 N–H and O–H groups in total. The lowest BCUT2D eigenvalue weighted by molar-refractivity contribution is -0.137. The average Bonchev–Trinajstić information content (AvgIpc) is 2.47. The van der Waals surface area contributed by atoms with E-state index in [0.717, 1.165) is 12.1 Å². The summed E-state index contributed by atoms with van der Waals surface area (Å²) in [6.07, 6.45) is -4.37. The zero-order chi connectivity index (χ0) is 16.5. The predicted octanol–water partition coefficient (Wildman–Crippen LogP) is 3.07. The van der Waals surface area contributed by atoms with Crippen LogP contribution in [0, 0.1) is 0 Å². The first-order chi connectivity index (χ1) is 10.3. The maximum Gasteiger partial charge on any atom is 0.416 e. The van der Waals surface area contributed by atoms with Crippen molar-refractivity contribution in [3.63, 3.8) is 0 Å². The molecule has 2 rings (SSSR count). The maximum absolute atomic E-state index is 12.7. The van der Waals surface area contributed by atoms with Crippen molar-refractivity contribution < 1.29 is 18.0 Å². The monoisotopic (exact) mass is 334 g/mol. The van der Waals surface area contributed by atoms with Gasteiger partial charge in [-0.2, -0.15) is 13.2 Å². The van der Waals surface area contributed by atoms with Crippen LogP contribution in [0.4, 0.5) is 18.9 Å². The van der Waals surface area contributed by atoms with Crippen molar-refractivity contribution in [1.29, 1.82) is 0 Å². The molecule has 1 aromatic rings. The van der Waals surface area contributed by atoms with Crippen molar-refractivity contribution in [2.45, 2.75) is 38.1 Å². The molecule has 1 aliphatic rings. The summed E-state index contributed by atoms with van der Waals surface area (Å²) in [5.74, 6) is -0.270. The third kappa shape index (κ3) is 3.38. The fourth-order valence-corrected chi connectivity index (χ4v) is 2.99. The third-order valence-corrected chi connectivity index (χ3v) is 4.20. The lowest BCUT2D eigenvalue weighted by Gasteiger charge is -2.45. The molecule has 0 bridgehead atoms. The summed E-state index contributed by atoms with van der Waals surface area (Å²) >= 11 is 5.68. The summed E-state index contributed by atoms with van der Waals surface area (Å²) in [5.41, 5.74) is -0.107. The highest BCUT2D eigenvalue weighted by atomic mass is 35.5. The number of rotatable bonds is 3. The van der Waals surface area contributed by atoms with Crippen LogP contribution in [0.25, 0.3) is 0 Å². The van der Waals surface area contributed by atoms with Gasteiger partial charge in [0.25, 0.3) is 0 Å². The van der Waals surface area contributed by atoms with E-state index in [1.165, 1.54) is 12.1 Å². The second kappa shape index (κ2) is 6.46. The zero-order valence-electron chi connectivity index (χ0n) is 12.3. The van der Waals surface area contributed by atoms with Crippen LogP contribution in [0.3, 0.4) is 0 Å². The molecule has 3 unspecified atom stereocenters. The molecule has 1 saturated heterocycles. The number of Topliss-reactive ketones (excluding diaryl/α,β-unsaturated/α-hetero) is 1. The highest BCUT2D eigenvalue weighted by Gasteiger charge is 2.37. The summed E-state index contributed by atoms with van der Waals surface area (Å²) < 4.78 is 38.0. The van der Waals surface area contributed by atoms with Crippen LogP contribution in [-0.2, 0) is 11.0 Å². The van der Waals surface area contributed by atoms with E-state index in [2.05, 4.69) is 5.32 Å². The van der Waals surface area contributed by atoms with Gasteiger partial charge >= 0.3 is 6.18 Å². The number of benzene rings is 1.